The highest BCUT2D eigenvalue weighted by Crippen LogP contribution is 2.23. The molecule has 0 aliphatic carbocycles. The zero-order valence-electron chi connectivity index (χ0n) is 18.2. The number of anilines is 1. The lowest BCUT2D eigenvalue weighted by atomic mass is 10.1. The molecule has 1 aromatic heterocycles. The molecule has 0 fully saturated rings. The van der Waals surface area contributed by atoms with Gasteiger partial charge in [-0.25, -0.2) is 4.68 Å². The SMILES string of the molecule is Cc1nn(-c2ccc(NC(=O)c3ccc(OCc4ccccc4C#N)cc3)cc2)c(C)c1Cl. The van der Waals surface area contributed by atoms with Gasteiger partial charge in [0.25, 0.3) is 5.91 Å². The van der Waals surface area contributed by atoms with Crippen LogP contribution in [0.3, 0.4) is 0 Å². The molecule has 7 heteroatoms. The van der Waals surface area contributed by atoms with Gasteiger partial charge in [-0.05, 0) is 68.4 Å². The normalized spacial score (nSPS) is 10.5. The zero-order valence-corrected chi connectivity index (χ0v) is 18.9. The number of nitriles is 1. The molecule has 1 amide bonds. The summed E-state index contributed by atoms with van der Waals surface area (Å²) in [5.74, 6) is 0.394. The number of carbonyl (C=O) groups is 1. The summed E-state index contributed by atoms with van der Waals surface area (Å²) < 4.78 is 7.54. The molecule has 4 aromatic rings. The van der Waals surface area contributed by atoms with Crippen molar-refractivity contribution in [3.05, 3.63) is 106 Å². The summed E-state index contributed by atoms with van der Waals surface area (Å²) in [7, 11) is 0. The van der Waals surface area contributed by atoms with Crippen LogP contribution in [0.1, 0.15) is 32.9 Å². The summed E-state index contributed by atoms with van der Waals surface area (Å²) in [5, 5.41) is 17.1. The quantitative estimate of drug-likeness (QED) is 0.395. The molecule has 0 atom stereocenters. The first-order valence-electron chi connectivity index (χ1n) is 10.3. The fourth-order valence-electron chi connectivity index (χ4n) is 3.38. The Bertz CT molecular complexity index is 1340. The molecule has 0 aliphatic rings. The van der Waals surface area contributed by atoms with Gasteiger partial charge in [0.05, 0.1) is 33.7 Å². The minimum atomic E-state index is -0.224. The maximum absolute atomic E-state index is 12.6. The summed E-state index contributed by atoms with van der Waals surface area (Å²) in [5.41, 5.74) is 5.07. The van der Waals surface area contributed by atoms with Crippen LogP contribution >= 0.6 is 11.6 Å². The van der Waals surface area contributed by atoms with E-state index in [9.17, 15) is 10.1 Å². The number of carbonyl (C=O) groups excluding carboxylic acids is 1. The minimum absolute atomic E-state index is 0.224. The molecule has 33 heavy (non-hydrogen) atoms. The monoisotopic (exact) mass is 456 g/mol. The Morgan fingerprint density at radius 3 is 2.39 bits per heavy atom. The molecular formula is C26H21ClN4O2. The lowest BCUT2D eigenvalue weighted by Crippen LogP contribution is -2.12. The highest BCUT2D eigenvalue weighted by atomic mass is 35.5. The number of hydrogen-bond donors (Lipinski definition) is 1. The van der Waals surface area contributed by atoms with Crippen LogP contribution in [0.5, 0.6) is 5.75 Å². The van der Waals surface area contributed by atoms with E-state index in [1.807, 2.05) is 56.3 Å². The lowest BCUT2D eigenvalue weighted by Gasteiger charge is -2.10. The Kier molecular flexibility index (Phi) is 6.43. The van der Waals surface area contributed by atoms with Crippen molar-refractivity contribution in [3.8, 4) is 17.5 Å². The smallest absolute Gasteiger partial charge is 0.255 e. The Balaban J connectivity index is 1.38. The van der Waals surface area contributed by atoms with E-state index in [1.165, 1.54) is 0 Å². The van der Waals surface area contributed by atoms with Gasteiger partial charge in [0.15, 0.2) is 0 Å². The van der Waals surface area contributed by atoms with Crippen molar-refractivity contribution in [2.75, 3.05) is 5.32 Å². The average molecular weight is 457 g/mol. The first kappa shape index (κ1) is 22.1. The van der Waals surface area contributed by atoms with Crippen LogP contribution in [-0.2, 0) is 6.61 Å². The van der Waals surface area contributed by atoms with Crippen LogP contribution in [0.25, 0.3) is 5.69 Å². The largest absolute Gasteiger partial charge is 0.489 e. The third-order valence-corrected chi connectivity index (χ3v) is 5.77. The van der Waals surface area contributed by atoms with E-state index in [2.05, 4.69) is 16.5 Å². The molecule has 0 bridgehead atoms. The molecule has 0 unspecified atom stereocenters. The fourth-order valence-corrected chi connectivity index (χ4v) is 3.50. The number of halogens is 1. The van der Waals surface area contributed by atoms with Crippen LogP contribution in [0.15, 0.2) is 72.8 Å². The number of aryl methyl sites for hydroxylation is 1. The van der Waals surface area contributed by atoms with Crippen LogP contribution in [0.4, 0.5) is 5.69 Å². The van der Waals surface area contributed by atoms with Gasteiger partial charge in [-0.15, -0.1) is 0 Å². The summed E-state index contributed by atoms with van der Waals surface area (Å²) in [6.07, 6.45) is 0. The van der Waals surface area contributed by atoms with Gasteiger partial charge in [-0.1, -0.05) is 29.8 Å². The highest BCUT2D eigenvalue weighted by Gasteiger charge is 2.11. The van der Waals surface area contributed by atoms with E-state index in [0.29, 0.717) is 27.6 Å². The van der Waals surface area contributed by atoms with Crippen molar-refractivity contribution >= 4 is 23.2 Å². The Morgan fingerprint density at radius 2 is 1.76 bits per heavy atom. The molecular weight excluding hydrogens is 436 g/mol. The van der Waals surface area contributed by atoms with E-state index in [0.717, 1.165) is 22.6 Å². The molecule has 0 aliphatic heterocycles. The molecule has 1 heterocycles. The second-order valence-corrected chi connectivity index (χ2v) is 7.86. The molecule has 4 rings (SSSR count). The molecule has 0 spiro atoms. The van der Waals surface area contributed by atoms with Gasteiger partial charge in [0.1, 0.15) is 12.4 Å². The van der Waals surface area contributed by atoms with E-state index < -0.39 is 0 Å². The molecule has 0 saturated carbocycles. The van der Waals surface area contributed by atoms with E-state index in [1.54, 1.807) is 35.0 Å². The first-order chi connectivity index (χ1) is 16.0. The second-order valence-electron chi connectivity index (χ2n) is 7.48. The number of benzene rings is 3. The summed E-state index contributed by atoms with van der Waals surface area (Å²) >= 11 is 6.23. The van der Waals surface area contributed by atoms with E-state index in [4.69, 9.17) is 16.3 Å². The van der Waals surface area contributed by atoms with Crippen molar-refractivity contribution in [1.82, 2.24) is 9.78 Å². The lowest BCUT2D eigenvalue weighted by molar-refractivity contribution is 0.102. The number of aromatic nitrogens is 2. The topological polar surface area (TPSA) is 79.9 Å². The molecule has 164 valence electrons. The van der Waals surface area contributed by atoms with Crippen molar-refractivity contribution < 1.29 is 9.53 Å². The predicted molar refractivity (Wildman–Crippen MR) is 128 cm³/mol. The van der Waals surface area contributed by atoms with Gasteiger partial charge < -0.3 is 10.1 Å². The maximum Gasteiger partial charge on any atom is 0.255 e. The highest BCUT2D eigenvalue weighted by molar-refractivity contribution is 6.31. The van der Waals surface area contributed by atoms with Crippen LogP contribution in [0, 0.1) is 25.2 Å². The van der Waals surface area contributed by atoms with Crippen LogP contribution < -0.4 is 10.1 Å². The summed E-state index contributed by atoms with van der Waals surface area (Å²) in [6, 6.07) is 23.7. The number of rotatable bonds is 6. The van der Waals surface area contributed by atoms with Gasteiger partial charge in [0, 0.05) is 16.8 Å². The molecule has 6 nitrogen and oxygen atoms in total. The van der Waals surface area contributed by atoms with Crippen molar-refractivity contribution in [2.45, 2.75) is 20.5 Å². The Hall–Kier alpha value is -4.08. The Labute approximate surface area is 197 Å². The van der Waals surface area contributed by atoms with Crippen LogP contribution in [-0.4, -0.2) is 15.7 Å². The van der Waals surface area contributed by atoms with Crippen LogP contribution in [0.2, 0.25) is 5.02 Å². The molecule has 3 aromatic carbocycles. The van der Waals surface area contributed by atoms with E-state index in [-0.39, 0.29) is 12.5 Å². The number of hydrogen-bond acceptors (Lipinski definition) is 4. The first-order valence-corrected chi connectivity index (χ1v) is 10.7. The molecule has 0 radical (unpaired) electrons. The number of nitrogens with one attached hydrogen (secondary N) is 1. The third-order valence-electron chi connectivity index (χ3n) is 5.22. The second kappa shape index (κ2) is 9.60. The fraction of sp³-hybridized carbons (Fsp3) is 0.115. The van der Waals surface area contributed by atoms with Gasteiger partial charge in [-0.2, -0.15) is 10.4 Å². The molecule has 1 N–H and O–H groups in total. The van der Waals surface area contributed by atoms with E-state index >= 15 is 0 Å². The van der Waals surface area contributed by atoms with Gasteiger partial charge in [-0.3, -0.25) is 4.79 Å². The zero-order chi connectivity index (χ0) is 23.4. The predicted octanol–water partition coefficient (Wildman–Crippen LogP) is 5.85. The number of ether oxygens (including phenoxy) is 1. The summed E-state index contributed by atoms with van der Waals surface area (Å²) in [4.78, 5) is 12.6. The summed E-state index contributed by atoms with van der Waals surface area (Å²) in [6.45, 7) is 4.05. The average Bonchev–Trinajstić information content (AvgIpc) is 3.11. The maximum atomic E-state index is 12.6. The van der Waals surface area contributed by atoms with Crippen molar-refractivity contribution in [2.24, 2.45) is 0 Å². The third kappa shape index (κ3) is 4.89. The Morgan fingerprint density at radius 1 is 1.06 bits per heavy atom. The van der Waals surface area contributed by atoms with Gasteiger partial charge >= 0.3 is 0 Å². The number of amides is 1. The van der Waals surface area contributed by atoms with Crippen molar-refractivity contribution in [1.29, 1.82) is 5.26 Å². The molecule has 0 saturated heterocycles. The minimum Gasteiger partial charge on any atom is -0.489 e. The van der Waals surface area contributed by atoms with Gasteiger partial charge in [0.2, 0.25) is 0 Å². The number of nitrogens with zero attached hydrogens (tertiary/aromatic N) is 3. The van der Waals surface area contributed by atoms with Crippen molar-refractivity contribution in [3.63, 3.8) is 0 Å². The standard InChI is InChI=1S/C26H21ClN4O2/c1-17-25(27)18(2)31(30-17)23-11-9-22(10-12-23)29-26(32)19-7-13-24(14-8-19)33-16-21-6-4-3-5-20(21)15-28/h3-14H,16H2,1-2H3,(H,29,32).